The van der Waals surface area contributed by atoms with Gasteiger partial charge in [-0.25, -0.2) is 0 Å². The molecule has 0 spiro atoms. The number of amides is 1. The quantitative estimate of drug-likeness (QED) is 0.633. The lowest BCUT2D eigenvalue weighted by molar-refractivity contribution is -0.123. The number of carbonyl (C=O) groups excluding carboxylic acids is 1. The fourth-order valence-corrected chi connectivity index (χ4v) is 1.72. The van der Waals surface area contributed by atoms with Crippen molar-refractivity contribution in [2.24, 2.45) is 11.7 Å². The maximum absolute atomic E-state index is 11.8. The third-order valence-electron chi connectivity index (χ3n) is 2.36. The van der Waals surface area contributed by atoms with E-state index in [0.29, 0.717) is 5.92 Å². The summed E-state index contributed by atoms with van der Waals surface area (Å²) in [7, 11) is 3.97. The number of nitrogens with two attached hydrogens (primary N) is 1. The summed E-state index contributed by atoms with van der Waals surface area (Å²) in [6.45, 7) is 5.08. The van der Waals surface area contributed by atoms with Crippen molar-refractivity contribution in [1.82, 2.24) is 10.2 Å². The highest BCUT2D eigenvalue weighted by molar-refractivity contribution is 5.82. The van der Waals surface area contributed by atoms with E-state index in [0.717, 1.165) is 13.0 Å². The van der Waals surface area contributed by atoms with E-state index in [1.54, 1.807) is 0 Å². The summed E-state index contributed by atoms with van der Waals surface area (Å²) < 4.78 is 0. The zero-order chi connectivity index (χ0) is 13.4. The molecule has 0 heterocycles. The molecule has 0 aromatic carbocycles. The van der Waals surface area contributed by atoms with Crippen LogP contribution < -0.4 is 11.1 Å². The molecule has 0 aromatic heterocycles. The van der Waals surface area contributed by atoms with Gasteiger partial charge in [-0.3, -0.25) is 4.79 Å². The van der Waals surface area contributed by atoms with Crippen molar-refractivity contribution < 1.29 is 4.79 Å². The first-order valence-corrected chi connectivity index (χ1v) is 6.01. The Morgan fingerprint density at radius 3 is 2.47 bits per heavy atom. The Balaban J connectivity index is 4.32. The van der Waals surface area contributed by atoms with Crippen LogP contribution in [0.4, 0.5) is 0 Å². The van der Waals surface area contributed by atoms with Crippen LogP contribution in [0.2, 0.25) is 0 Å². The molecule has 0 saturated carbocycles. The summed E-state index contributed by atoms with van der Waals surface area (Å²) in [6.07, 6.45) is 6.36. The lowest BCUT2D eigenvalue weighted by Gasteiger charge is -2.25. The first kappa shape index (κ1) is 16.0. The van der Waals surface area contributed by atoms with Crippen LogP contribution in [0.1, 0.15) is 26.7 Å². The Labute approximate surface area is 105 Å². The summed E-state index contributed by atoms with van der Waals surface area (Å²) in [6, 6.07) is -0.474. The molecule has 4 nitrogen and oxygen atoms in total. The molecular weight excluding hydrogens is 214 g/mol. The van der Waals surface area contributed by atoms with Gasteiger partial charge < -0.3 is 16.0 Å². The Hall–Kier alpha value is -1.05. The fourth-order valence-electron chi connectivity index (χ4n) is 1.72. The van der Waals surface area contributed by atoms with Crippen LogP contribution in [0.5, 0.6) is 0 Å². The molecular formula is C13H25N3O. The van der Waals surface area contributed by atoms with Crippen LogP contribution in [-0.4, -0.2) is 43.5 Å². The van der Waals surface area contributed by atoms with E-state index in [4.69, 9.17) is 12.2 Å². The van der Waals surface area contributed by atoms with E-state index in [2.05, 4.69) is 30.0 Å². The van der Waals surface area contributed by atoms with Crippen molar-refractivity contribution in [3.63, 3.8) is 0 Å². The third kappa shape index (κ3) is 7.78. The van der Waals surface area contributed by atoms with Crippen molar-refractivity contribution >= 4 is 5.91 Å². The molecule has 0 saturated heterocycles. The SMILES string of the molecule is C#CCC(N)C(=O)NC(CC(C)C)CN(C)C. The average Bonchev–Trinajstić information content (AvgIpc) is 2.15. The second kappa shape index (κ2) is 8.10. The number of nitrogens with one attached hydrogen (secondary N) is 1. The van der Waals surface area contributed by atoms with Crippen LogP contribution in [0.15, 0.2) is 0 Å². The van der Waals surface area contributed by atoms with Crippen LogP contribution in [-0.2, 0) is 4.79 Å². The molecule has 0 fully saturated rings. The standard InChI is InChI=1S/C13H25N3O/c1-6-7-12(14)13(17)15-11(8-10(2)3)9-16(4)5/h1,10-12H,7-9,14H2,2-5H3,(H,15,17). The van der Waals surface area contributed by atoms with Crippen LogP contribution in [0, 0.1) is 18.3 Å². The zero-order valence-corrected chi connectivity index (χ0v) is 11.4. The van der Waals surface area contributed by atoms with Crippen molar-refractivity contribution in [2.45, 2.75) is 38.8 Å². The lowest BCUT2D eigenvalue weighted by atomic mass is 10.0. The highest BCUT2D eigenvalue weighted by Gasteiger charge is 2.18. The number of terminal acetylenes is 1. The lowest BCUT2D eigenvalue weighted by Crippen LogP contribution is -2.48. The molecule has 0 aliphatic heterocycles. The highest BCUT2D eigenvalue weighted by atomic mass is 16.2. The van der Waals surface area contributed by atoms with Crippen LogP contribution in [0.3, 0.4) is 0 Å². The third-order valence-corrected chi connectivity index (χ3v) is 2.36. The fraction of sp³-hybridized carbons (Fsp3) is 0.769. The smallest absolute Gasteiger partial charge is 0.238 e. The Morgan fingerprint density at radius 2 is 2.06 bits per heavy atom. The maximum atomic E-state index is 11.8. The Bertz CT molecular complexity index is 258. The van der Waals surface area contributed by atoms with E-state index in [1.807, 2.05) is 14.1 Å². The molecule has 17 heavy (non-hydrogen) atoms. The molecule has 0 rings (SSSR count). The second-order valence-corrected chi connectivity index (χ2v) is 5.11. The number of rotatable bonds is 7. The van der Waals surface area contributed by atoms with Gasteiger partial charge in [0.1, 0.15) is 0 Å². The van der Waals surface area contributed by atoms with Gasteiger partial charge in [0.2, 0.25) is 5.91 Å². The minimum Gasteiger partial charge on any atom is -0.351 e. The monoisotopic (exact) mass is 239 g/mol. The summed E-state index contributed by atoms with van der Waals surface area (Å²) in [4.78, 5) is 13.8. The molecule has 4 heteroatoms. The minimum absolute atomic E-state index is 0.126. The number of likely N-dealkylation sites (N-methyl/N-ethyl adjacent to an activating group) is 1. The van der Waals surface area contributed by atoms with Crippen LogP contribution >= 0.6 is 0 Å². The van der Waals surface area contributed by atoms with Gasteiger partial charge in [0.15, 0.2) is 0 Å². The predicted octanol–water partition coefficient (Wildman–Crippen LogP) is 0.430. The maximum Gasteiger partial charge on any atom is 0.238 e. The predicted molar refractivity (Wildman–Crippen MR) is 71.4 cm³/mol. The number of carbonyl (C=O) groups is 1. The normalized spacial score (nSPS) is 14.5. The minimum atomic E-state index is -0.600. The second-order valence-electron chi connectivity index (χ2n) is 5.11. The van der Waals surface area contributed by atoms with E-state index < -0.39 is 6.04 Å². The van der Waals surface area contributed by atoms with Crippen LogP contribution in [0.25, 0.3) is 0 Å². The van der Waals surface area contributed by atoms with Crippen molar-refractivity contribution in [2.75, 3.05) is 20.6 Å². The van der Waals surface area contributed by atoms with Crippen molar-refractivity contribution in [3.8, 4) is 12.3 Å². The van der Waals surface area contributed by atoms with Gasteiger partial charge in [0.05, 0.1) is 6.04 Å². The van der Waals surface area contributed by atoms with Gasteiger partial charge in [-0.05, 0) is 26.4 Å². The Morgan fingerprint density at radius 1 is 1.47 bits per heavy atom. The molecule has 0 aromatic rings. The molecule has 0 bridgehead atoms. The van der Waals surface area contributed by atoms with Gasteiger partial charge in [-0.2, -0.15) is 0 Å². The summed E-state index contributed by atoms with van der Waals surface area (Å²) in [5.41, 5.74) is 5.67. The topological polar surface area (TPSA) is 58.4 Å². The molecule has 0 aliphatic carbocycles. The molecule has 0 aliphatic rings. The van der Waals surface area contributed by atoms with E-state index in [9.17, 15) is 4.79 Å². The van der Waals surface area contributed by atoms with Gasteiger partial charge in [0, 0.05) is 19.0 Å². The number of nitrogens with zero attached hydrogens (tertiary/aromatic N) is 1. The average molecular weight is 239 g/mol. The zero-order valence-electron chi connectivity index (χ0n) is 11.4. The van der Waals surface area contributed by atoms with E-state index in [1.165, 1.54) is 0 Å². The Kier molecular flexibility index (Phi) is 7.60. The summed E-state index contributed by atoms with van der Waals surface area (Å²) in [5.74, 6) is 2.78. The first-order chi connectivity index (χ1) is 7.86. The molecule has 0 radical (unpaired) electrons. The molecule has 1 amide bonds. The van der Waals surface area contributed by atoms with Gasteiger partial charge in [-0.1, -0.05) is 13.8 Å². The summed E-state index contributed by atoms with van der Waals surface area (Å²) >= 11 is 0. The van der Waals surface area contributed by atoms with Gasteiger partial charge in [-0.15, -0.1) is 12.3 Å². The number of hydrogen-bond donors (Lipinski definition) is 2. The molecule has 2 unspecified atom stereocenters. The van der Waals surface area contributed by atoms with E-state index >= 15 is 0 Å². The number of hydrogen-bond acceptors (Lipinski definition) is 3. The summed E-state index contributed by atoms with van der Waals surface area (Å²) in [5, 5.41) is 2.96. The van der Waals surface area contributed by atoms with Gasteiger partial charge in [0.25, 0.3) is 0 Å². The largest absolute Gasteiger partial charge is 0.351 e. The molecule has 2 atom stereocenters. The van der Waals surface area contributed by atoms with Crippen molar-refractivity contribution in [3.05, 3.63) is 0 Å². The molecule has 98 valence electrons. The highest BCUT2D eigenvalue weighted by Crippen LogP contribution is 2.06. The van der Waals surface area contributed by atoms with Crippen molar-refractivity contribution in [1.29, 1.82) is 0 Å². The van der Waals surface area contributed by atoms with Gasteiger partial charge >= 0.3 is 0 Å². The molecule has 3 N–H and O–H groups in total. The first-order valence-electron chi connectivity index (χ1n) is 6.01. The van der Waals surface area contributed by atoms with E-state index in [-0.39, 0.29) is 18.4 Å².